The molecule has 25 nitrogen and oxygen atoms in total. The van der Waals surface area contributed by atoms with Gasteiger partial charge in [-0.05, 0) is 51.0 Å². The third kappa shape index (κ3) is 13.3. The Balaban J connectivity index is 1.15. The number of hydrogen-bond donors (Lipinski definition) is 7. The Morgan fingerprint density at radius 1 is 1.10 bits per heavy atom. The third-order valence-electron chi connectivity index (χ3n) is 9.44. The van der Waals surface area contributed by atoms with E-state index >= 15 is 0 Å². The Kier molecular flexibility index (Phi) is 15.4. The molecular weight excluding hydrogens is 899 g/mol. The minimum absolute atomic E-state index is 0.00703. The number of carbonyl (C=O) groups excluding carboxylic acids is 1. The molecule has 3 aromatic rings. The molecule has 0 spiro atoms. The lowest BCUT2D eigenvalue weighted by Gasteiger charge is -2.43. The van der Waals surface area contributed by atoms with Crippen LogP contribution in [0.25, 0.3) is 11.6 Å². The molecule has 0 radical (unpaired) electrons. The highest BCUT2D eigenvalue weighted by Crippen LogP contribution is 2.66. The molecule has 2 unspecified atom stereocenters. The second-order valence-electron chi connectivity index (χ2n) is 14.5. The number of nitro groups is 1. The number of allylic oxidation sites excluding steroid dienone is 1. The SMILES string of the molecule is COc1cc2c(cc1N=Nc1ccc([N+](=O)[O-])cc1)C(C)=CC(C)(C)N2CCCC(=O)NC/C=C/c1cn([C@H]2C[C@H](O)[C@@H](COP(=O)(O)OP(=O)(O)OP(=O)(O)O)O2)c(=O)[nH]c1=O. The highest BCUT2D eigenvalue weighted by molar-refractivity contribution is 7.66. The van der Waals surface area contributed by atoms with Gasteiger partial charge in [0.25, 0.3) is 11.2 Å². The summed E-state index contributed by atoms with van der Waals surface area (Å²) in [6.45, 7) is 5.58. The Labute approximate surface area is 357 Å². The third-order valence-corrected chi connectivity index (χ3v) is 13.2. The van der Waals surface area contributed by atoms with E-state index in [0.717, 1.165) is 27.6 Å². The van der Waals surface area contributed by atoms with Crippen LogP contribution >= 0.6 is 23.5 Å². The monoisotopic (exact) mass is 943 g/mol. The number of aliphatic hydroxyl groups is 1. The lowest BCUT2D eigenvalue weighted by molar-refractivity contribution is -0.384. The number of nitrogens with zero attached hydrogens (tertiary/aromatic N) is 5. The number of anilines is 1. The van der Waals surface area contributed by atoms with Crippen molar-refractivity contribution in [1.29, 1.82) is 0 Å². The lowest BCUT2D eigenvalue weighted by Crippen LogP contribution is -2.45. The molecule has 1 saturated heterocycles. The fourth-order valence-electron chi connectivity index (χ4n) is 6.68. The van der Waals surface area contributed by atoms with Gasteiger partial charge in [-0.2, -0.15) is 13.7 Å². The van der Waals surface area contributed by atoms with Crippen molar-refractivity contribution in [2.45, 2.75) is 64.0 Å². The fourth-order valence-corrected chi connectivity index (χ4v) is 9.71. The topological polar surface area (TPSA) is 354 Å². The van der Waals surface area contributed by atoms with Crippen molar-refractivity contribution < 1.29 is 70.7 Å². The van der Waals surface area contributed by atoms with E-state index in [0.29, 0.717) is 30.1 Å². The molecule has 5 rings (SSSR count). The molecule has 2 aromatic carbocycles. The summed E-state index contributed by atoms with van der Waals surface area (Å²) in [5.41, 5.74) is 1.31. The van der Waals surface area contributed by atoms with Gasteiger partial charge in [0.05, 0.1) is 41.5 Å². The fraction of sp³-hybridized carbons (Fsp3) is 0.400. The van der Waals surface area contributed by atoms with Crippen molar-refractivity contribution >= 4 is 63.8 Å². The predicted molar refractivity (Wildman–Crippen MR) is 222 cm³/mol. The van der Waals surface area contributed by atoms with E-state index in [2.05, 4.69) is 44.7 Å². The molecule has 5 atom stereocenters. The van der Waals surface area contributed by atoms with Crippen molar-refractivity contribution in [2.24, 2.45) is 10.2 Å². The van der Waals surface area contributed by atoms with Gasteiger partial charge in [0.1, 0.15) is 23.8 Å². The van der Waals surface area contributed by atoms with E-state index < -0.39 is 70.2 Å². The highest BCUT2D eigenvalue weighted by Gasteiger charge is 2.43. The Morgan fingerprint density at radius 3 is 2.44 bits per heavy atom. The van der Waals surface area contributed by atoms with Gasteiger partial charge >= 0.3 is 29.2 Å². The second-order valence-corrected chi connectivity index (χ2v) is 18.9. The van der Waals surface area contributed by atoms with Crippen LogP contribution in [0.2, 0.25) is 0 Å². The number of hydrogen-bond acceptors (Lipinski definition) is 17. The van der Waals surface area contributed by atoms with E-state index in [-0.39, 0.29) is 36.5 Å². The van der Waals surface area contributed by atoms with Gasteiger partial charge in [-0.15, -0.1) is 5.11 Å². The first kappa shape index (κ1) is 49.0. The van der Waals surface area contributed by atoms with Gasteiger partial charge in [0.2, 0.25) is 5.91 Å². The number of non-ortho nitro benzene ring substituents is 1. The van der Waals surface area contributed by atoms with Gasteiger partial charge in [0, 0.05) is 61.6 Å². The quantitative estimate of drug-likeness (QED) is 0.0377. The molecule has 1 aromatic heterocycles. The number of carbonyl (C=O) groups is 1. The van der Waals surface area contributed by atoms with Crippen LogP contribution in [0.15, 0.2) is 74.6 Å². The minimum atomic E-state index is -5.78. The number of amides is 1. The minimum Gasteiger partial charge on any atom is -0.494 e. The first-order chi connectivity index (χ1) is 29.4. The number of methoxy groups -OCH3 is 1. The molecule has 0 aliphatic carbocycles. The van der Waals surface area contributed by atoms with Gasteiger partial charge in [-0.25, -0.2) is 18.5 Å². The van der Waals surface area contributed by atoms with Crippen LogP contribution in [-0.4, -0.2) is 89.6 Å². The highest BCUT2D eigenvalue weighted by atomic mass is 31.3. The van der Waals surface area contributed by atoms with Gasteiger partial charge in [-0.1, -0.05) is 18.2 Å². The van der Waals surface area contributed by atoms with Crippen LogP contribution in [0.3, 0.4) is 0 Å². The number of phosphoric acid groups is 3. The molecule has 7 N–H and O–H groups in total. The first-order valence-electron chi connectivity index (χ1n) is 18.6. The van der Waals surface area contributed by atoms with Crippen molar-refractivity contribution in [3.05, 3.63) is 96.8 Å². The van der Waals surface area contributed by atoms with Crippen LogP contribution in [0, 0.1) is 10.1 Å². The molecule has 1 fully saturated rings. The van der Waals surface area contributed by atoms with Crippen LogP contribution in [0.4, 0.5) is 22.7 Å². The van der Waals surface area contributed by atoms with E-state index in [1.807, 2.05) is 32.9 Å². The molecule has 63 heavy (non-hydrogen) atoms. The summed E-state index contributed by atoms with van der Waals surface area (Å²) in [5.74, 6) is 0.161. The van der Waals surface area contributed by atoms with Crippen LogP contribution in [-0.2, 0) is 36.4 Å². The zero-order chi connectivity index (χ0) is 46.5. The van der Waals surface area contributed by atoms with Crippen LogP contribution < -0.4 is 26.2 Å². The van der Waals surface area contributed by atoms with Crippen molar-refractivity contribution in [1.82, 2.24) is 14.9 Å². The molecule has 0 saturated carbocycles. The van der Waals surface area contributed by atoms with Crippen LogP contribution in [0.5, 0.6) is 5.75 Å². The summed E-state index contributed by atoms with van der Waals surface area (Å²) in [5, 5.41) is 32.8. The maximum atomic E-state index is 12.9. The van der Waals surface area contributed by atoms with Crippen molar-refractivity contribution in [3.8, 4) is 5.75 Å². The molecular formula is C35H44N7O18P3. The summed E-state index contributed by atoms with van der Waals surface area (Å²) in [4.78, 5) is 89.2. The molecule has 28 heteroatoms. The zero-order valence-corrected chi connectivity index (χ0v) is 36.6. The first-order valence-corrected chi connectivity index (χ1v) is 23.2. The molecule has 0 bridgehead atoms. The van der Waals surface area contributed by atoms with Crippen molar-refractivity contribution in [3.63, 3.8) is 0 Å². The number of fused-ring (bicyclic) bond motifs is 1. The summed E-state index contributed by atoms with van der Waals surface area (Å²) in [6, 6.07) is 9.35. The normalized spacial score (nSPS) is 20.6. The number of nitrogens with one attached hydrogen (secondary N) is 2. The summed E-state index contributed by atoms with van der Waals surface area (Å²) >= 11 is 0. The molecule has 2 aliphatic rings. The number of azo groups is 1. The van der Waals surface area contributed by atoms with E-state index in [1.165, 1.54) is 43.5 Å². The maximum Gasteiger partial charge on any atom is 0.490 e. The lowest BCUT2D eigenvalue weighted by atomic mass is 9.88. The summed E-state index contributed by atoms with van der Waals surface area (Å²) in [6.07, 6.45) is 2.21. The Hall–Kier alpha value is -5.00. The number of rotatable bonds is 19. The van der Waals surface area contributed by atoms with Gasteiger partial charge in [-0.3, -0.25) is 33.8 Å². The number of nitro benzene ring substituents is 1. The van der Waals surface area contributed by atoms with Gasteiger partial charge < -0.3 is 44.4 Å². The van der Waals surface area contributed by atoms with E-state index in [9.17, 15) is 53.1 Å². The standard InChI is InChI=1S/C35H44N7O18P3/c1-21-18-35(2,3)41(27-16-29(56-4)26(15-25(21)27)39-38-23-9-11-24(12-10-23)42(47)48)14-6-8-31(44)36-13-5-7-22-19-40(34(46)37-33(22)45)32-17-28(43)30(58-32)20-57-62(52,53)60-63(54,55)59-61(49,50)51/h5,7,9-12,15-16,18-19,28,30,32,43H,6,8,13-14,17,20H2,1-4H3,(H,36,44)(H,52,53)(H,54,55)(H,37,45,46)(H2,49,50,51)/b7-5+,39-38?/t28-,30+,32+/m0/s1. The van der Waals surface area contributed by atoms with E-state index in [4.69, 9.17) is 19.3 Å². The molecule has 2 aliphatic heterocycles. The Morgan fingerprint density at radius 2 is 1.79 bits per heavy atom. The number of ether oxygens (including phenoxy) is 2. The van der Waals surface area contributed by atoms with Crippen molar-refractivity contribution in [2.75, 3.05) is 31.7 Å². The average Bonchev–Trinajstić information content (AvgIpc) is 3.54. The molecule has 3 heterocycles. The largest absolute Gasteiger partial charge is 0.494 e. The van der Waals surface area contributed by atoms with Gasteiger partial charge in [0.15, 0.2) is 0 Å². The number of benzene rings is 2. The number of phosphoric ester groups is 1. The summed E-state index contributed by atoms with van der Waals surface area (Å²) < 4.78 is 58.4. The number of aliphatic hydroxyl groups excluding tert-OH is 1. The number of aromatic amines is 1. The average molecular weight is 944 g/mol. The smallest absolute Gasteiger partial charge is 0.490 e. The Bertz CT molecular complexity index is 2570. The predicted octanol–water partition coefficient (Wildman–Crippen LogP) is 4.47. The zero-order valence-electron chi connectivity index (χ0n) is 33.9. The number of H-pyrrole nitrogens is 1. The number of aromatic nitrogens is 2. The molecule has 1 amide bonds. The summed E-state index contributed by atoms with van der Waals surface area (Å²) in [7, 11) is -15.4. The molecule has 342 valence electrons. The maximum absolute atomic E-state index is 12.9. The van der Waals surface area contributed by atoms with E-state index in [1.54, 1.807) is 0 Å². The van der Waals surface area contributed by atoms with Crippen LogP contribution in [0.1, 0.15) is 57.4 Å². The second kappa shape index (κ2) is 19.8.